The van der Waals surface area contributed by atoms with Crippen molar-refractivity contribution in [1.29, 1.82) is 0 Å². The lowest BCUT2D eigenvalue weighted by Gasteiger charge is -2.36. The lowest BCUT2D eigenvalue weighted by Crippen LogP contribution is -2.52. The predicted molar refractivity (Wildman–Crippen MR) is 72.2 cm³/mol. The Morgan fingerprint density at radius 1 is 1.33 bits per heavy atom. The number of amides is 1. The van der Waals surface area contributed by atoms with E-state index < -0.39 is 14.6 Å². The minimum atomic E-state index is -3.38. The molecule has 6 heteroatoms. The third-order valence-electron chi connectivity index (χ3n) is 3.84. The summed E-state index contributed by atoms with van der Waals surface area (Å²) < 4.78 is 22.0. The van der Waals surface area contributed by atoms with Crippen molar-refractivity contribution in [3.63, 3.8) is 0 Å². The van der Waals surface area contributed by atoms with Crippen LogP contribution in [0.25, 0.3) is 0 Å². The molecular weight excluding hydrogens is 252 g/mol. The second-order valence-electron chi connectivity index (χ2n) is 5.58. The fraction of sp³-hybridized carbons (Fsp3) is 0.917. The number of rotatable bonds is 4. The van der Waals surface area contributed by atoms with Crippen molar-refractivity contribution < 1.29 is 13.2 Å². The molecule has 0 aromatic carbocycles. The number of nitrogens with one attached hydrogen (secondary N) is 1. The van der Waals surface area contributed by atoms with Gasteiger partial charge in [0.15, 0.2) is 9.84 Å². The van der Waals surface area contributed by atoms with Gasteiger partial charge in [0.25, 0.3) is 0 Å². The maximum atomic E-state index is 12.3. The zero-order valence-electron chi connectivity index (χ0n) is 11.7. The van der Waals surface area contributed by atoms with Crippen LogP contribution in [0, 0.1) is 5.92 Å². The first-order chi connectivity index (χ1) is 8.20. The molecule has 1 aliphatic heterocycles. The van der Waals surface area contributed by atoms with Crippen LogP contribution in [0.3, 0.4) is 0 Å². The predicted octanol–water partition coefficient (Wildman–Crippen LogP) is 0.268. The molecule has 1 fully saturated rings. The van der Waals surface area contributed by atoms with Crippen molar-refractivity contribution in [2.24, 2.45) is 5.92 Å². The Labute approximate surface area is 110 Å². The largest absolute Gasteiger partial charge is 0.341 e. The van der Waals surface area contributed by atoms with Crippen molar-refractivity contribution in [3.05, 3.63) is 0 Å². The quantitative estimate of drug-likeness (QED) is 0.800. The summed E-state index contributed by atoms with van der Waals surface area (Å²) in [6.07, 6.45) is 3.00. The van der Waals surface area contributed by atoms with Crippen molar-refractivity contribution in [2.75, 3.05) is 32.9 Å². The van der Waals surface area contributed by atoms with E-state index in [1.54, 1.807) is 4.90 Å². The second kappa shape index (κ2) is 5.57. The van der Waals surface area contributed by atoms with Gasteiger partial charge in [-0.1, -0.05) is 0 Å². The van der Waals surface area contributed by atoms with Crippen LogP contribution in [0.1, 0.15) is 26.7 Å². The van der Waals surface area contributed by atoms with Crippen LogP contribution in [0.15, 0.2) is 0 Å². The van der Waals surface area contributed by atoms with Crippen LogP contribution >= 0.6 is 0 Å². The Kier molecular flexibility index (Phi) is 4.78. The molecule has 0 aliphatic carbocycles. The highest BCUT2D eigenvalue weighted by Crippen LogP contribution is 2.23. The number of hydrogen-bond acceptors (Lipinski definition) is 4. The summed E-state index contributed by atoms with van der Waals surface area (Å²) in [5, 5.41) is 3.14. The van der Waals surface area contributed by atoms with Crippen molar-refractivity contribution >= 4 is 15.7 Å². The zero-order chi connectivity index (χ0) is 14.0. The second-order valence-corrected chi connectivity index (χ2v) is 8.14. The van der Waals surface area contributed by atoms with Crippen LogP contribution in [0.5, 0.6) is 0 Å². The molecule has 1 saturated heterocycles. The third-order valence-corrected chi connectivity index (χ3v) is 5.87. The topological polar surface area (TPSA) is 66.5 Å². The molecule has 0 spiro atoms. The average Bonchev–Trinajstić information content (AvgIpc) is 2.28. The minimum Gasteiger partial charge on any atom is -0.341 e. The molecule has 0 aromatic heterocycles. The summed E-state index contributed by atoms with van der Waals surface area (Å²) in [6, 6.07) is 0. The molecule has 0 saturated carbocycles. The molecule has 5 nitrogen and oxygen atoms in total. The first-order valence-electron chi connectivity index (χ1n) is 6.33. The van der Waals surface area contributed by atoms with E-state index in [2.05, 4.69) is 5.32 Å². The van der Waals surface area contributed by atoms with Crippen LogP contribution in [0.4, 0.5) is 0 Å². The number of likely N-dealkylation sites (tertiary alicyclic amines) is 1. The molecule has 0 radical (unpaired) electrons. The SMILES string of the molecule is CNCC1CCN(C(=O)C(C)(C)S(C)(=O)=O)CC1. The van der Waals surface area contributed by atoms with Crippen molar-refractivity contribution in [1.82, 2.24) is 10.2 Å². The molecule has 1 aliphatic rings. The van der Waals surface area contributed by atoms with Gasteiger partial charge in [-0.3, -0.25) is 4.79 Å². The smallest absolute Gasteiger partial charge is 0.243 e. The molecule has 106 valence electrons. The van der Waals surface area contributed by atoms with Gasteiger partial charge >= 0.3 is 0 Å². The van der Waals surface area contributed by atoms with Gasteiger partial charge in [0.05, 0.1) is 0 Å². The van der Waals surface area contributed by atoms with Gasteiger partial charge in [0.1, 0.15) is 4.75 Å². The lowest BCUT2D eigenvalue weighted by molar-refractivity contribution is -0.134. The van der Waals surface area contributed by atoms with Gasteiger partial charge in [-0.25, -0.2) is 8.42 Å². The van der Waals surface area contributed by atoms with E-state index in [9.17, 15) is 13.2 Å². The monoisotopic (exact) mass is 276 g/mol. The van der Waals surface area contributed by atoms with E-state index in [1.807, 2.05) is 7.05 Å². The Hall–Kier alpha value is -0.620. The van der Waals surface area contributed by atoms with Gasteiger partial charge in [-0.05, 0) is 46.2 Å². The Morgan fingerprint density at radius 2 is 1.83 bits per heavy atom. The number of hydrogen-bond donors (Lipinski definition) is 1. The van der Waals surface area contributed by atoms with Gasteiger partial charge in [-0.2, -0.15) is 0 Å². The summed E-state index contributed by atoms with van der Waals surface area (Å²) in [7, 11) is -1.46. The number of carbonyl (C=O) groups excluding carboxylic acids is 1. The maximum Gasteiger partial charge on any atom is 0.243 e. The van der Waals surface area contributed by atoms with Crippen LogP contribution in [-0.4, -0.2) is 56.9 Å². The summed E-state index contributed by atoms with van der Waals surface area (Å²) in [5.41, 5.74) is 0. The highest BCUT2D eigenvalue weighted by atomic mass is 32.2. The molecule has 0 aromatic rings. The van der Waals surface area contributed by atoms with Gasteiger partial charge in [-0.15, -0.1) is 0 Å². The van der Waals surface area contributed by atoms with Crippen LogP contribution < -0.4 is 5.32 Å². The van der Waals surface area contributed by atoms with Crippen LogP contribution in [0.2, 0.25) is 0 Å². The maximum absolute atomic E-state index is 12.3. The molecule has 0 unspecified atom stereocenters. The minimum absolute atomic E-state index is 0.270. The number of sulfone groups is 1. The van der Waals surface area contributed by atoms with Crippen molar-refractivity contribution in [2.45, 2.75) is 31.4 Å². The summed E-state index contributed by atoms with van der Waals surface area (Å²) in [5.74, 6) is 0.313. The van der Waals surface area contributed by atoms with Crippen molar-refractivity contribution in [3.8, 4) is 0 Å². The Balaban J connectivity index is 2.66. The average molecular weight is 276 g/mol. The Morgan fingerprint density at radius 3 is 2.22 bits per heavy atom. The highest BCUT2D eigenvalue weighted by Gasteiger charge is 2.41. The fourth-order valence-electron chi connectivity index (χ4n) is 2.17. The van der Waals surface area contributed by atoms with E-state index in [0.717, 1.165) is 25.6 Å². The first-order valence-corrected chi connectivity index (χ1v) is 8.23. The van der Waals surface area contributed by atoms with Gasteiger partial charge in [0.2, 0.25) is 5.91 Å². The van der Waals surface area contributed by atoms with Gasteiger partial charge in [0, 0.05) is 19.3 Å². The Bertz CT molecular complexity index is 396. The van der Waals surface area contributed by atoms with E-state index in [-0.39, 0.29) is 5.91 Å². The number of nitrogens with zero attached hydrogens (tertiary/aromatic N) is 1. The van der Waals surface area contributed by atoms with E-state index in [1.165, 1.54) is 13.8 Å². The highest BCUT2D eigenvalue weighted by molar-refractivity contribution is 7.92. The summed E-state index contributed by atoms with van der Waals surface area (Å²) in [4.78, 5) is 13.9. The molecule has 0 atom stereocenters. The first kappa shape index (κ1) is 15.4. The molecule has 18 heavy (non-hydrogen) atoms. The summed E-state index contributed by atoms with van der Waals surface area (Å²) >= 11 is 0. The van der Waals surface area contributed by atoms with Crippen LogP contribution in [-0.2, 0) is 14.6 Å². The van der Waals surface area contributed by atoms with E-state index >= 15 is 0 Å². The van der Waals surface area contributed by atoms with E-state index in [0.29, 0.717) is 19.0 Å². The molecule has 0 bridgehead atoms. The lowest BCUT2D eigenvalue weighted by atomic mass is 9.96. The normalized spacial score (nSPS) is 19.0. The molecular formula is C12H24N2O3S. The van der Waals surface area contributed by atoms with Gasteiger partial charge < -0.3 is 10.2 Å². The molecule has 1 rings (SSSR count). The van der Waals surface area contributed by atoms with E-state index in [4.69, 9.17) is 0 Å². The zero-order valence-corrected chi connectivity index (χ0v) is 12.5. The molecule has 1 heterocycles. The standard InChI is InChI=1S/C12H24N2O3S/c1-12(2,18(4,16)17)11(15)14-7-5-10(6-8-14)9-13-3/h10,13H,5-9H2,1-4H3. The molecule has 1 amide bonds. The fourth-order valence-corrected chi connectivity index (χ4v) is 2.61. The number of piperidine rings is 1. The molecule has 1 N–H and O–H groups in total. The summed E-state index contributed by atoms with van der Waals surface area (Å²) in [6.45, 7) is 5.25. The third kappa shape index (κ3) is 3.23. The number of carbonyl (C=O) groups is 1.